The van der Waals surface area contributed by atoms with Crippen molar-refractivity contribution in [3.63, 3.8) is 0 Å². The van der Waals surface area contributed by atoms with Gasteiger partial charge in [0, 0.05) is 42.3 Å². The second-order valence-corrected chi connectivity index (χ2v) is 10.8. The van der Waals surface area contributed by atoms with Crippen LogP contribution in [0.5, 0.6) is 5.75 Å². The molecule has 0 saturated carbocycles. The van der Waals surface area contributed by atoms with Crippen molar-refractivity contribution in [1.82, 2.24) is 14.8 Å². The van der Waals surface area contributed by atoms with Crippen molar-refractivity contribution in [1.29, 1.82) is 0 Å². The molecule has 0 unspecified atom stereocenters. The molecule has 0 aliphatic rings. The Bertz CT molecular complexity index is 1430. The van der Waals surface area contributed by atoms with Crippen molar-refractivity contribution in [2.24, 2.45) is 5.92 Å². The van der Waals surface area contributed by atoms with Gasteiger partial charge < -0.3 is 19.5 Å². The maximum absolute atomic E-state index is 13.8. The molecule has 6 nitrogen and oxygen atoms in total. The molecule has 0 atom stereocenters. The maximum atomic E-state index is 13.8. The summed E-state index contributed by atoms with van der Waals surface area (Å²) < 4.78 is 5.22. The summed E-state index contributed by atoms with van der Waals surface area (Å²) >= 11 is 12.4. The molecule has 2 amide bonds. The molecule has 1 aromatic heterocycles. The van der Waals surface area contributed by atoms with Crippen LogP contribution >= 0.6 is 23.2 Å². The van der Waals surface area contributed by atoms with Crippen LogP contribution in [0.1, 0.15) is 35.3 Å². The molecule has 204 valence electrons. The minimum atomic E-state index is -0.189. The average molecular weight is 567 g/mol. The van der Waals surface area contributed by atoms with Crippen LogP contribution in [0.15, 0.2) is 72.9 Å². The Morgan fingerprint density at radius 1 is 0.949 bits per heavy atom. The Hall–Kier alpha value is -3.48. The molecule has 39 heavy (non-hydrogen) atoms. The number of ether oxygens (including phenoxy) is 1. The van der Waals surface area contributed by atoms with Gasteiger partial charge in [-0.2, -0.15) is 0 Å². The van der Waals surface area contributed by atoms with Crippen LogP contribution < -0.4 is 4.74 Å². The van der Waals surface area contributed by atoms with Crippen molar-refractivity contribution in [2.45, 2.75) is 26.8 Å². The molecule has 1 heterocycles. The Kier molecular flexibility index (Phi) is 9.54. The Labute approximate surface area is 239 Å². The van der Waals surface area contributed by atoms with Gasteiger partial charge in [-0.25, -0.2) is 0 Å². The lowest BCUT2D eigenvalue weighted by Crippen LogP contribution is -2.44. The number of fused-ring (bicyclic) bond motifs is 1. The molecule has 0 aliphatic heterocycles. The Morgan fingerprint density at radius 2 is 1.69 bits per heavy atom. The summed E-state index contributed by atoms with van der Waals surface area (Å²) in [7, 11) is 1.58. The molecule has 3 aromatic carbocycles. The number of hydrogen-bond donors (Lipinski definition) is 1. The highest BCUT2D eigenvalue weighted by molar-refractivity contribution is 6.42. The van der Waals surface area contributed by atoms with Crippen LogP contribution in [0, 0.1) is 5.92 Å². The Balaban J connectivity index is 1.56. The van der Waals surface area contributed by atoms with Crippen molar-refractivity contribution in [3.05, 3.63) is 99.7 Å². The molecule has 4 rings (SSSR count). The van der Waals surface area contributed by atoms with Gasteiger partial charge in [-0.15, -0.1) is 0 Å². The fourth-order valence-electron chi connectivity index (χ4n) is 4.58. The number of amides is 2. The summed E-state index contributed by atoms with van der Waals surface area (Å²) in [6.07, 6.45) is 2.65. The second-order valence-electron chi connectivity index (χ2n) is 9.98. The van der Waals surface area contributed by atoms with E-state index in [-0.39, 0.29) is 24.3 Å². The van der Waals surface area contributed by atoms with Gasteiger partial charge in [0.05, 0.1) is 17.2 Å². The van der Waals surface area contributed by atoms with Gasteiger partial charge in [-0.05, 0) is 65.9 Å². The molecule has 1 N–H and O–H groups in total. The Morgan fingerprint density at radius 3 is 2.38 bits per heavy atom. The number of para-hydroxylation sites is 1. The number of halogens is 2. The van der Waals surface area contributed by atoms with E-state index < -0.39 is 0 Å². The lowest BCUT2D eigenvalue weighted by atomic mass is 10.1. The molecule has 0 spiro atoms. The van der Waals surface area contributed by atoms with E-state index in [1.807, 2.05) is 44.3 Å². The van der Waals surface area contributed by atoms with Gasteiger partial charge in [0.1, 0.15) is 12.3 Å². The van der Waals surface area contributed by atoms with Crippen LogP contribution in [0.25, 0.3) is 10.9 Å². The smallest absolute Gasteiger partial charge is 0.254 e. The summed E-state index contributed by atoms with van der Waals surface area (Å²) in [5, 5.41) is 2.04. The number of carbonyl (C=O) groups is 2. The summed E-state index contributed by atoms with van der Waals surface area (Å²) in [6.45, 7) is 5.32. The number of nitrogens with zero attached hydrogens (tertiary/aromatic N) is 2. The molecule has 0 bridgehead atoms. The van der Waals surface area contributed by atoms with Gasteiger partial charge in [-0.3, -0.25) is 9.59 Å². The van der Waals surface area contributed by atoms with Crippen molar-refractivity contribution >= 4 is 45.9 Å². The predicted molar refractivity (Wildman–Crippen MR) is 158 cm³/mol. The minimum Gasteiger partial charge on any atom is -0.497 e. The van der Waals surface area contributed by atoms with Crippen LogP contribution in [0.2, 0.25) is 10.0 Å². The lowest BCUT2D eigenvalue weighted by Gasteiger charge is -2.29. The molecular weight excluding hydrogens is 533 g/mol. The topological polar surface area (TPSA) is 65.6 Å². The number of nitrogens with one attached hydrogen (secondary N) is 1. The summed E-state index contributed by atoms with van der Waals surface area (Å²) in [6, 6.07) is 20.4. The van der Waals surface area contributed by atoms with Crippen LogP contribution in [0.3, 0.4) is 0 Å². The van der Waals surface area contributed by atoms with E-state index in [4.69, 9.17) is 27.9 Å². The molecule has 0 saturated heterocycles. The number of aromatic nitrogens is 1. The van der Waals surface area contributed by atoms with Crippen LogP contribution in [-0.2, 0) is 17.8 Å². The van der Waals surface area contributed by atoms with Gasteiger partial charge in [0.25, 0.3) is 5.91 Å². The van der Waals surface area contributed by atoms with Gasteiger partial charge in [-0.1, -0.05) is 61.3 Å². The van der Waals surface area contributed by atoms with E-state index in [9.17, 15) is 9.59 Å². The zero-order valence-electron chi connectivity index (χ0n) is 22.4. The molecule has 8 heteroatoms. The normalized spacial score (nSPS) is 11.1. The first kappa shape index (κ1) is 28.5. The molecule has 4 aromatic rings. The standard InChI is InChI=1S/C31H33Cl2N3O3/c1-21(2)18-36(31(38)23-9-11-25(39-3)12-10-23)20-30(37)35(19-22-8-13-27(32)28(33)16-22)15-14-24-17-34-29-7-5-4-6-26(24)29/h4-13,16-17,21,34H,14-15,18-20H2,1-3H3. The van der Waals surface area contributed by atoms with Crippen molar-refractivity contribution < 1.29 is 14.3 Å². The predicted octanol–water partition coefficient (Wildman–Crippen LogP) is 6.85. The summed E-state index contributed by atoms with van der Waals surface area (Å²) in [5.74, 6) is 0.534. The van der Waals surface area contributed by atoms with Crippen LogP contribution in [-0.4, -0.2) is 53.3 Å². The molecular formula is C31H33Cl2N3O3. The zero-order valence-corrected chi connectivity index (χ0v) is 23.9. The quantitative estimate of drug-likeness (QED) is 0.216. The second kappa shape index (κ2) is 13.0. The highest BCUT2D eigenvalue weighted by Gasteiger charge is 2.24. The average Bonchev–Trinajstić information content (AvgIpc) is 3.35. The largest absolute Gasteiger partial charge is 0.497 e. The number of H-pyrrole nitrogens is 1. The third-order valence-corrected chi connectivity index (χ3v) is 7.31. The number of benzene rings is 3. The van der Waals surface area contributed by atoms with E-state index >= 15 is 0 Å². The third-order valence-electron chi connectivity index (χ3n) is 6.57. The van der Waals surface area contributed by atoms with Gasteiger partial charge >= 0.3 is 0 Å². The fraction of sp³-hybridized carbons (Fsp3) is 0.290. The fourth-order valence-corrected chi connectivity index (χ4v) is 4.90. The van der Waals surface area contributed by atoms with Crippen molar-refractivity contribution in [3.8, 4) is 5.75 Å². The number of hydrogen-bond acceptors (Lipinski definition) is 3. The summed E-state index contributed by atoms with van der Waals surface area (Å²) in [5.41, 5.74) is 3.57. The highest BCUT2D eigenvalue weighted by Crippen LogP contribution is 2.24. The third kappa shape index (κ3) is 7.34. The van der Waals surface area contributed by atoms with Gasteiger partial charge in [0.2, 0.25) is 5.91 Å². The van der Waals surface area contributed by atoms with Crippen LogP contribution in [0.4, 0.5) is 0 Å². The molecule has 0 aliphatic carbocycles. The molecule has 0 radical (unpaired) electrons. The van der Waals surface area contributed by atoms with E-state index in [0.29, 0.717) is 47.4 Å². The van der Waals surface area contributed by atoms with E-state index in [2.05, 4.69) is 11.1 Å². The van der Waals surface area contributed by atoms with Gasteiger partial charge in [0.15, 0.2) is 0 Å². The minimum absolute atomic E-state index is 0.0295. The zero-order chi connectivity index (χ0) is 27.9. The monoisotopic (exact) mass is 565 g/mol. The number of methoxy groups -OCH3 is 1. The van der Waals surface area contributed by atoms with Crippen molar-refractivity contribution in [2.75, 3.05) is 26.7 Å². The summed E-state index contributed by atoms with van der Waals surface area (Å²) in [4.78, 5) is 34.0. The SMILES string of the molecule is COc1ccc(C(=O)N(CC(=O)N(CCc2c[nH]c3ccccc23)Cc2ccc(Cl)c(Cl)c2)CC(C)C)cc1. The lowest BCUT2D eigenvalue weighted by molar-refractivity contribution is -0.132. The first-order valence-electron chi connectivity index (χ1n) is 12.9. The van der Waals surface area contributed by atoms with E-state index in [1.165, 1.54) is 0 Å². The van der Waals surface area contributed by atoms with E-state index in [1.54, 1.807) is 53.3 Å². The highest BCUT2D eigenvalue weighted by atomic mass is 35.5. The first-order chi connectivity index (χ1) is 18.7. The first-order valence-corrected chi connectivity index (χ1v) is 13.7. The maximum Gasteiger partial charge on any atom is 0.254 e. The number of rotatable bonds is 11. The number of aromatic amines is 1. The molecule has 0 fully saturated rings. The van der Waals surface area contributed by atoms with E-state index in [0.717, 1.165) is 22.0 Å². The number of carbonyl (C=O) groups excluding carboxylic acids is 2.